The summed E-state index contributed by atoms with van der Waals surface area (Å²) >= 11 is 1.87. The van der Waals surface area contributed by atoms with Crippen LogP contribution in [0.15, 0.2) is 0 Å². The third kappa shape index (κ3) is 3.31. The maximum Gasteiger partial charge on any atom is 0.347 e. The van der Waals surface area contributed by atoms with Crippen LogP contribution in [0.5, 0.6) is 0 Å². The zero-order valence-corrected chi connectivity index (χ0v) is 14.2. The maximum atomic E-state index is 12.7. The number of thioether (sulfide) groups is 1. The van der Waals surface area contributed by atoms with E-state index in [0.29, 0.717) is 0 Å². The Hall–Kier alpha value is 0.460. The van der Waals surface area contributed by atoms with Gasteiger partial charge >= 0.3 is 7.60 Å². The van der Waals surface area contributed by atoms with Gasteiger partial charge in [0.2, 0.25) is 0 Å². The van der Waals surface area contributed by atoms with Crippen LogP contribution < -0.4 is 5.32 Å². The topological polar surface area (TPSA) is 47.6 Å². The molecule has 1 aliphatic heterocycles. The second-order valence-electron chi connectivity index (χ2n) is 6.52. The Kier molecular flexibility index (Phi) is 5.00. The minimum absolute atomic E-state index is 0.103. The number of hydrogen-bond donors (Lipinski definition) is 1. The third-order valence-corrected chi connectivity index (χ3v) is 7.87. The van der Waals surface area contributed by atoms with E-state index in [9.17, 15) is 4.57 Å². The molecule has 1 rings (SSSR count). The Morgan fingerprint density at radius 3 is 2.17 bits per heavy atom. The molecule has 0 aromatic carbocycles. The van der Waals surface area contributed by atoms with E-state index in [-0.39, 0.29) is 22.0 Å². The van der Waals surface area contributed by atoms with Gasteiger partial charge in [-0.2, -0.15) is 0 Å². The first-order valence-electron chi connectivity index (χ1n) is 6.16. The molecule has 0 saturated carbocycles. The fraction of sp³-hybridized carbons (Fsp3) is 1.00. The molecule has 18 heavy (non-hydrogen) atoms. The zero-order chi connectivity index (χ0) is 14.2. The molecule has 1 fully saturated rings. The van der Waals surface area contributed by atoms with Crippen LogP contribution in [0, 0.1) is 10.8 Å². The van der Waals surface area contributed by atoms with Gasteiger partial charge in [-0.25, -0.2) is 0 Å². The van der Waals surface area contributed by atoms with Crippen molar-refractivity contribution in [3.8, 4) is 0 Å². The van der Waals surface area contributed by atoms with Crippen LogP contribution in [-0.4, -0.2) is 31.1 Å². The van der Waals surface area contributed by atoms with Crippen molar-refractivity contribution >= 4 is 19.4 Å². The Balaban J connectivity index is 3.01. The molecule has 0 unspecified atom stereocenters. The van der Waals surface area contributed by atoms with Crippen molar-refractivity contribution in [3.63, 3.8) is 0 Å². The van der Waals surface area contributed by atoms with Gasteiger partial charge in [0, 0.05) is 25.4 Å². The summed E-state index contributed by atoms with van der Waals surface area (Å²) in [5.41, 5.74) is -0.0281. The summed E-state index contributed by atoms with van der Waals surface area (Å²) in [6, 6.07) is 0. The molecule has 0 aromatic rings. The molecule has 4 nitrogen and oxygen atoms in total. The number of nitrogens with one attached hydrogen (secondary N) is 1. The Morgan fingerprint density at radius 1 is 1.28 bits per heavy atom. The van der Waals surface area contributed by atoms with Crippen LogP contribution in [-0.2, 0) is 13.6 Å². The van der Waals surface area contributed by atoms with Gasteiger partial charge in [0.25, 0.3) is 0 Å². The van der Waals surface area contributed by atoms with Crippen molar-refractivity contribution < 1.29 is 13.6 Å². The highest BCUT2D eigenvalue weighted by atomic mass is 32.2. The zero-order valence-electron chi connectivity index (χ0n) is 12.4. The van der Waals surface area contributed by atoms with Gasteiger partial charge in [-0.3, -0.25) is 9.88 Å². The summed E-state index contributed by atoms with van der Waals surface area (Å²) in [6.45, 7) is 10.7. The van der Waals surface area contributed by atoms with Gasteiger partial charge in [-0.05, 0) is 5.41 Å². The van der Waals surface area contributed by atoms with Crippen molar-refractivity contribution in [1.29, 1.82) is 0 Å². The highest BCUT2D eigenvalue weighted by molar-refractivity contribution is 8.00. The molecular weight excluding hydrogens is 269 g/mol. The lowest BCUT2D eigenvalue weighted by Gasteiger charge is -2.47. The lowest BCUT2D eigenvalue weighted by Crippen LogP contribution is -2.55. The molecule has 0 aromatic heterocycles. The average molecular weight is 295 g/mol. The quantitative estimate of drug-likeness (QED) is 0.807. The molecule has 0 aliphatic carbocycles. The van der Waals surface area contributed by atoms with Gasteiger partial charge in [-0.15, -0.1) is 11.8 Å². The third-order valence-electron chi connectivity index (χ3n) is 3.28. The van der Waals surface area contributed by atoms with Crippen LogP contribution in [0.2, 0.25) is 0 Å². The fourth-order valence-electron chi connectivity index (χ4n) is 2.10. The molecule has 0 bridgehead atoms. The van der Waals surface area contributed by atoms with Crippen molar-refractivity contribution in [2.45, 2.75) is 45.8 Å². The van der Waals surface area contributed by atoms with Crippen molar-refractivity contribution in [1.82, 2.24) is 5.32 Å². The number of rotatable bonds is 3. The second-order valence-corrected chi connectivity index (χ2v) is 9.94. The van der Waals surface area contributed by atoms with E-state index in [1.54, 1.807) is 0 Å². The molecule has 1 aliphatic rings. The number of hydrogen-bond acceptors (Lipinski definition) is 5. The molecule has 2 atom stereocenters. The minimum Gasteiger partial charge on any atom is -0.311 e. The van der Waals surface area contributed by atoms with Crippen LogP contribution in [0.1, 0.15) is 34.6 Å². The van der Waals surface area contributed by atoms with E-state index in [1.165, 1.54) is 14.2 Å². The molecule has 1 saturated heterocycles. The smallest absolute Gasteiger partial charge is 0.311 e. The monoisotopic (exact) mass is 295 g/mol. The summed E-state index contributed by atoms with van der Waals surface area (Å²) in [5, 5.41) is 3.72. The van der Waals surface area contributed by atoms with Crippen LogP contribution >= 0.6 is 19.4 Å². The molecule has 0 radical (unpaired) electrons. The molecular formula is C12H26NO3PS. The predicted molar refractivity (Wildman–Crippen MR) is 78.0 cm³/mol. The summed E-state index contributed by atoms with van der Waals surface area (Å²) in [7, 11) is -0.201. The summed E-state index contributed by atoms with van der Waals surface area (Å²) in [5.74, 6) is 0.661. The lowest BCUT2D eigenvalue weighted by atomic mass is 9.92. The highest BCUT2D eigenvalue weighted by Gasteiger charge is 2.50. The average Bonchev–Trinajstić information content (AvgIpc) is 2.26. The van der Waals surface area contributed by atoms with Crippen molar-refractivity contribution in [2.75, 3.05) is 20.0 Å². The van der Waals surface area contributed by atoms with Gasteiger partial charge in [0.1, 0.15) is 5.78 Å². The molecule has 6 heteroatoms. The van der Waals surface area contributed by atoms with E-state index in [2.05, 4.69) is 39.9 Å². The first kappa shape index (κ1) is 16.5. The minimum atomic E-state index is -3.11. The van der Waals surface area contributed by atoms with Crippen molar-refractivity contribution in [2.24, 2.45) is 10.8 Å². The van der Waals surface area contributed by atoms with E-state index < -0.39 is 7.60 Å². The Morgan fingerprint density at radius 2 is 1.78 bits per heavy atom. The normalized spacial score (nSPS) is 29.3. The largest absolute Gasteiger partial charge is 0.347 e. The van der Waals surface area contributed by atoms with E-state index in [1.807, 2.05) is 11.8 Å². The molecule has 108 valence electrons. The molecule has 0 amide bonds. The van der Waals surface area contributed by atoms with E-state index >= 15 is 0 Å². The first-order chi connectivity index (χ1) is 8.07. The van der Waals surface area contributed by atoms with Crippen LogP contribution in [0.4, 0.5) is 0 Å². The Labute approximate surface area is 115 Å². The predicted octanol–water partition coefficient (Wildman–Crippen LogP) is 3.53. The summed E-state index contributed by atoms with van der Waals surface area (Å²) < 4.78 is 23.0. The molecule has 1 heterocycles. The first-order valence-corrected chi connectivity index (χ1v) is 8.82. The van der Waals surface area contributed by atoms with Gasteiger partial charge in [-0.1, -0.05) is 34.6 Å². The fourth-order valence-corrected chi connectivity index (χ4v) is 5.67. The maximum absolute atomic E-state index is 12.7. The van der Waals surface area contributed by atoms with Crippen LogP contribution in [0.25, 0.3) is 0 Å². The van der Waals surface area contributed by atoms with Gasteiger partial charge in [0.05, 0.1) is 5.37 Å². The highest BCUT2D eigenvalue weighted by Crippen LogP contribution is 2.59. The summed E-state index contributed by atoms with van der Waals surface area (Å²) in [6.07, 6.45) is 0. The molecule has 0 spiro atoms. The van der Waals surface area contributed by atoms with Gasteiger partial charge in [0.15, 0.2) is 0 Å². The van der Waals surface area contributed by atoms with E-state index in [4.69, 9.17) is 9.05 Å². The van der Waals surface area contributed by atoms with Gasteiger partial charge < -0.3 is 9.05 Å². The standard InChI is InChI=1S/C12H26NO3PS/c1-11(2,3)10-13-9(12(4,5)8-18-10)17(14,15-6)16-7/h9-10,13H,8H2,1-7H3/t9-,10-/m0/s1. The summed E-state index contributed by atoms with van der Waals surface area (Å²) in [4.78, 5) is 0. The Bertz CT molecular complexity index is 333. The SMILES string of the molecule is COP(=O)(OC)[C@@H]1N[C@H](C(C)(C)C)SCC1(C)C. The van der Waals surface area contributed by atoms with E-state index in [0.717, 1.165) is 5.75 Å². The lowest BCUT2D eigenvalue weighted by molar-refractivity contribution is 0.198. The van der Waals surface area contributed by atoms with Crippen molar-refractivity contribution in [3.05, 3.63) is 0 Å². The van der Waals surface area contributed by atoms with Crippen LogP contribution in [0.3, 0.4) is 0 Å². The second kappa shape index (κ2) is 5.45. The molecule has 1 N–H and O–H groups in total.